The van der Waals surface area contributed by atoms with Gasteiger partial charge in [-0.2, -0.15) is 0 Å². The number of carbonyl (C=O) groups excluding carboxylic acids is 1. The van der Waals surface area contributed by atoms with E-state index in [0.717, 1.165) is 58.1 Å². The van der Waals surface area contributed by atoms with E-state index in [1.54, 1.807) is 7.05 Å². The third kappa shape index (κ3) is 10.2. The summed E-state index contributed by atoms with van der Waals surface area (Å²) < 4.78 is 0. The van der Waals surface area contributed by atoms with Crippen LogP contribution in [0.2, 0.25) is 0 Å². The Labute approximate surface area is 170 Å². The summed E-state index contributed by atoms with van der Waals surface area (Å²) in [5, 5.41) is 9.60. The van der Waals surface area contributed by atoms with E-state index in [1.807, 2.05) is 7.05 Å². The Balaban J connectivity index is 0.00000576. The van der Waals surface area contributed by atoms with E-state index in [-0.39, 0.29) is 29.9 Å². The molecule has 1 fully saturated rings. The third-order valence-corrected chi connectivity index (χ3v) is 4.51. The molecule has 0 saturated carbocycles. The van der Waals surface area contributed by atoms with Crippen molar-refractivity contribution in [3.05, 3.63) is 0 Å². The molecule has 1 rings (SSSR count). The number of carbonyl (C=O) groups is 1. The molecule has 0 aromatic heterocycles. The van der Waals surface area contributed by atoms with E-state index in [9.17, 15) is 4.79 Å². The second kappa shape index (κ2) is 14.5. The molecule has 3 N–H and O–H groups in total. The van der Waals surface area contributed by atoms with Crippen LogP contribution in [0.3, 0.4) is 0 Å². The number of hydrogen-bond acceptors (Lipinski definition) is 4. The zero-order valence-corrected chi connectivity index (χ0v) is 18.6. The Bertz CT molecular complexity index is 385. The molecule has 1 aliphatic heterocycles. The van der Waals surface area contributed by atoms with E-state index in [2.05, 4.69) is 44.6 Å². The Morgan fingerprint density at radius 1 is 1.24 bits per heavy atom. The van der Waals surface area contributed by atoms with Crippen LogP contribution in [0.4, 0.5) is 0 Å². The summed E-state index contributed by atoms with van der Waals surface area (Å²) in [7, 11) is 3.51. The first-order chi connectivity index (χ1) is 11.6. The molecule has 0 bridgehead atoms. The van der Waals surface area contributed by atoms with Gasteiger partial charge >= 0.3 is 0 Å². The first-order valence-corrected chi connectivity index (χ1v) is 9.25. The number of aliphatic imine (C=N–C) groups is 1. The highest BCUT2D eigenvalue weighted by Gasteiger charge is 2.21. The van der Waals surface area contributed by atoms with Crippen LogP contribution in [0.5, 0.6) is 0 Å². The molecule has 0 spiro atoms. The molecule has 148 valence electrons. The zero-order valence-electron chi connectivity index (χ0n) is 16.3. The third-order valence-electron chi connectivity index (χ3n) is 4.51. The molecule has 1 saturated heterocycles. The fraction of sp³-hybridized carbons (Fsp3) is 0.882. The Kier molecular flexibility index (Phi) is 14.2. The lowest BCUT2D eigenvalue weighted by Crippen LogP contribution is -2.50. The smallest absolute Gasteiger partial charge is 0.233 e. The minimum absolute atomic E-state index is 0. The fourth-order valence-corrected chi connectivity index (χ4v) is 2.98. The SMILES string of the molecule is CCCN(CC)CCNC(=NC)NC1CCN(CC(=O)NC)CC1.I. The second-order valence-electron chi connectivity index (χ2n) is 6.30. The molecular formula is C17H37IN6O. The van der Waals surface area contributed by atoms with Crippen molar-refractivity contribution in [1.82, 2.24) is 25.8 Å². The van der Waals surface area contributed by atoms with Crippen LogP contribution in [0, 0.1) is 0 Å². The molecule has 0 aromatic rings. The fourth-order valence-electron chi connectivity index (χ4n) is 2.98. The van der Waals surface area contributed by atoms with Gasteiger partial charge in [0.05, 0.1) is 6.54 Å². The maximum atomic E-state index is 11.4. The number of hydrogen-bond donors (Lipinski definition) is 3. The van der Waals surface area contributed by atoms with Gasteiger partial charge in [-0.05, 0) is 32.4 Å². The van der Waals surface area contributed by atoms with Gasteiger partial charge in [-0.3, -0.25) is 14.7 Å². The van der Waals surface area contributed by atoms with Crippen molar-refractivity contribution >= 4 is 35.8 Å². The van der Waals surface area contributed by atoms with Gasteiger partial charge in [0.25, 0.3) is 0 Å². The van der Waals surface area contributed by atoms with E-state index in [1.165, 1.54) is 6.42 Å². The van der Waals surface area contributed by atoms with Gasteiger partial charge in [-0.1, -0.05) is 13.8 Å². The van der Waals surface area contributed by atoms with Crippen LogP contribution in [0.1, 0.15) is 33.1 Å². The maximum absolute atomic E-state index is 11.4. The summed E-state index contributed by atoms with van der Waals surface area (Å²) >= 11 is 0. The molecule has 0 aromatic carbocycles. The van der Waals surface area contributed by atoms with E-state index in [0.29, 0.717) is 12.6 Å². The van der Waals surface area contributed by atoms with Gasteiger partial charge < -0.3 is 20.9 Å². The van der Waals surface area contributed by atoms with Gasteiger partial charge in [0, 0.05) is 46.3 Å². The number of likely N-dealkylation sites (N-methyl/N-ethyl adjacent to an activating group) is 2. The van der Waals surface area contributed by atoms with Crippen molar-refractivity contribution in [2.24, 2.45) is 4.99 Å². The molecule has 1 heterocycles. The molecule has 1 amide bonds. The highest BCUT2D eigenvalue weighted by molar-refractivity contribution is 14.0. The topological polar surface area (TPSA) is 72.0 Å². The minimum atomic E-state index is 0. The van der Waals surface area contributed by atoms with Crippen molar-refractivity contribution in [3.63, 3.8) is 0 Å². The number of likely N-dealkylation sites (tertiary alicyclic amines) is 1. The van der Waals surface area contributed by atoms with Gasteiger partial charge in [-0.25, -0.2) is 0 Å². The number of amides is 1. The van der Waals surface area contributed by atoms with Crippen molar-refractivity contribution in [1.29, 1.82) is 0 Å². The number of piperidine rings is 1. The van der Waals surface area contributed by atoms with Gasteiger partial charge in [0.1, 0.15) is 0 Å². The molecular weight excluding hydrogens is 431 g/mol. The summed E-state index contributed by atoms with van der Waals surface area (Å²) in [6.07, 6.45) is 3.26. The standard InChI is InChI=1S/C17H36N6O.HI/c1-5-10-22(6-2)13-9-20-17(19-4)21-15-7-11-23(12-8-15)14-16(24)18-3;/h15H,5-14H2,1-4H3,(H,18,24)(H2,19,20,21);1H. The number of guanidine groups is 1. The second-order valence-corrected chi connectivity index (χ2v) is 6.30. The summed E-state index contributed by atoms with van der Waals surface area (Å²) in [6.45, 7) is 11.0. The zero-order chi connectivity index (χ0) is 17.8. The number of nitrogens with zero attached hydrogens (tertiary/aromatic N) is 3. The Hall–Kier alpha value is -0.610. The van der Waals surface area contributed by atoms with E-state index >= 15 is 0 Å². The molecule has 7 nitrogen and oxygen atoms in total. The number of halogens is 1. The lowest BCUT2D eigenvalue weighted by Gasteiger charge is -2.32. The highest BCUT2D eigenvalue weighted by Crippen LogP contribution is 2.09. The molecule has 0 aliphatic carbocycles. The van der Waals surface area contributed by atoms with E-state index < -0.39 is 0 Å². The highest BCUT2D eigenvalue weighted by atomic mass is 127. The summed E-state index contributed by atoms with van der Waals surface area (Å²) in [5.74, 6) is 0.971. The van der Waals surface area contributed by atoms with Crippen LogP contribution in [-0.4, -0.2) is 87.6 Å². The Morgan fingerprint density at radius 3 is 2.44 bits per heavy atom. The number of nitrogens with one attached hydrogen (secondary N) is 3. The van der Waals surface area contributed by atoms with E-state index in [4.69, 9.17) is 0 Å². The first-order valence-electron chi connectivity index (χ1n) is 9.25. The normalized spacial score (nSPS) is 16.4. The van der Waals surface area contributed by atoms with Crippen LogP contribution in [0.15, 0.2) is 4.99 Å². The van der Waals surface area contributed by atoms with Crippen molar-refractivity contribution in [3.8, 4) is 0 Å². The summed E-state index contributed by atoms with van der Waals surface area (Å²) in [5.41, 5.74) is 0. The van der Waals surface area contributed by atoms with Crippen LogP contribution in [0.25, 0.3) is 0 Å². The molecule has 0 radical (unpaired) electrons. The quantitative estimate of drug-likeness (QED) is 0.264. The van der Waals surface area contributed by atoms with Gasteiger partial charge in [0.15, 0.2) is 5.96 Å². The molecule has 0 unspecified atom stereocenters. The molecule has 0 atom stereocenters. The molecule has 25 heavy (non-hydrogen) atoms. The number of rotatable bonds is 9. The first kappa shape index (κ1) is 24.4. The lowest BCUT2D eigenvalue weighted by atomic mass is 10.1. The largest absolute Gasteiger partial charge is 0.358 e. The maximum Gasteiger partial charge on any atom is 0.233 e. The van der Waals surface area contributed by atoms with Crippen molar-refractivity contribution in [2.45, 2.75) is 39.2 Å². The van der Waals surface area contributed by atoms with Gasteiger partial charge in [-0.15, -0.1) is 24.0 Å². The lowest BCUT2D eigenvalue weighted by molar-refractivity contribution is -0.122. The average Bonchev–Trinajstić information content (AvgIpc) is 2.61. The van der Waals surface area contributed by atoms with Gasteiger partial charge in [0.2, 0.25) is 5.91 Å². The minimum Gasteiger partial charge on any atom is -0.358 e. The predicted molar refractivity (Wildman–Crippen MR) is 116 cm³/mol. The van der Waals surface area contributed by atoms with Crippen LogP contribution in [-0.2, 0) is 4.79 Å². The summed E-state index contributed by atoms with van der Waals surface area (Å²) in [6, 6.07) is 0.426. The van der Waals surface area contributed by atoms with Crippen LogP contribution >= 0.6 is 24.0 Å². The monoisotopic (exact) mass is 468 g/mol. The Morgan fingerprint density at radius 2 is 1.92 bits per heavy atom. The predicted octanol–water partition coefficient (Wildman–Crippen LogP) is 0.712. The summed E-state index contributed by atoms with van der Waals surface area (Å²) in [4.78, 5) is 20.4. The average molecular weight is 468 g/mol. The van der Waals surface area contributed by atoms with Crippen LogP contribution < -0.4 is 16.0 Å². The van der Waals surface area contributed by atoms with Crippen molar-refractivity contribution in [2.75, 3.05) is 59.9 Å². The van der Waals surface area contributed by atoms with Crippen molar-refractivity contribution < 1.29 is 4.79 Å². The molecule has 8 heteroatoms. The molecule has 1 aliphatic rings.